The van der Waals surface area contributed by atoms with E-state index in [0.29, 0.717) is 0 Å². The summed E-state index contributed by atoms with van der Waals surface area (Å²) in [6.45, 7) is 0. The molecule has 1 saturated carbocycles. The van der Waals surface area contributed by atoms with Gasteiger partial charge in [0.05, 0.1) is 0 Å². The average molecular weight is 146 g/mol. The molecule has 0 aliphatic heterocycles. The van der Waals surface area contributed by atoms with Crippen molar-refractivity contribution in [2.24, 2.45) is 5.92 Å². The van der Waals surface area contributed by atoms with Crippen LogP contribution in [0.3, 0.4) is 0 Å². The molecule has 11 heavy (non-hydrogen) atoms. The molecule has 0 bridgehead atoms. The third kappa shape index (κ3) is 1.55. The molecule has 0 saturated heterocycles. The zero-order chi connectivity index (χ0) is 7.52. The van der Waals surface area contributed by atoms with Gasteiger partial charge in [0.2, 0.25) is 0 Å². The summed E-state index contributed by atoms with van der Waals surface area (Å²) in [5.74, 6) is 0.808. The fraction of sp³-hybridized carbons (Fsp3) is 0.545. The van der Waals surface area contributed by atoms with Gasteiger partial charge in [-0.25, -0.2) is 0 Å². The number of allylic oxidation sites excluding steroid dienone is 4. The topological polar surface area (TPSA) is 0 Å². The highest BCUT2D eigenvalue weighted by molar-refractivity contribution is 5.27. The maximum absolute atomic E-state index is 3.49. The van der Waals surface area contributed by atoms with Crippen LogP contribution in [-0.4, -0.2) is 0 Å². The summed E-state index contributed by atoms with van der Waals surface area (Å²) in [6.07, 6.45) is 16.7. The maximum atomic E-state index is 3.49. The highest BCUT2D eigenvalue weighted by atomic mass is 14.2. The van der Waals surface area contributed by atoms with Gasteiger partial charge in [0.25, 0.3) is 0 Å². The Morgan fingerprint density at radius 3 is 3.36 bits per heavy atom. The standard InChI is InChI=1S/C11H14/c1-2-6-10-8-4-5-9-11(10)7-3-1/h4-5,9-10H,1-3,6,8H2. The lowest BCUT2D eigenvalue weighted by Crippen LogP contribution is -2.03. The van der Waals surface area contributed by atoms with Gasteiger partial charge in [-0.1, -0.05) is 36.6 Å². The van der Waals surface area contributed by atoms with E-state index in [1.54, 1.807) is 0 Å². The van der Waals surface area contributed by atoms with Crippen LogP contribution in [0.2, 0.25) is 0 Å². The molecule has 2 aliphatic carbocycles. The first kappa shape index (κ1) is 7.15. The van der Waals surface area contributed by atoms with E-state index in [2.05, 4.69) is 24.6 Å². The summed E-state index contributed by atoms with van der Waals surface area (Å²) in [5, 5.41) is 0. The van der Waals surface area contributed by atoms with E-state index < -0.39 is 0 Å². The molecule has 0 N–H and O–H groups in total. The van der Waals surface area contributed by atoms with Crippen molar-refractivity contribution in [3.05, 3.63) is 30.2 Å². The predicted molar refractivity (Wildman–Crippen MR) is 47.0 cm³/mol. The van der Waals surface area contributed by atoms with Crippen molar-refractivity contribution >= 4 is 0 Å². The minimum absolute atomic E-state index is 0.808. The molecule has 2 radical (unpaired) electrons. The Bertz CT molecular complexity index is 186. The molecule has 1 fully saturated rings. The molecule has 0 heterocycles. The second-order valence-corrected chi connectivity index (χ2v) is 3.41. The molecule has 0 nitrogen and oxygen atoms in total. The van der Waals surface area contributed by atoms with E-state index >= 15 is 0 Å². The van der Waals surface area contributed by atoms with E-state index in [-0.39, 0.29) is 0 Å². The smallest absolute Gasteiger partial charge is 0.0123 e. The molecule has 0 heteroatoms. The summed E-state index contributed by atoms with van der Waals surface area (Å²) >= 11 is 0. The summed E-state index contributed by atoms with van der Waals surface area (Å²) in [6, 6.07) is 0. The molecule has 1 unspecified atom stereocenters. The normalized spacial score (nSPS) is 30.5. The minimum Gasteiger partial charge on any atom is -0.0839 e. The quantitative estimate of drug-likeness (QED) is 0.492. The Balaban J connectivity index is 2.11. The Hall–Kier alpha value is -0.520. The molecule has 2 aliphatic rings. The highest BCUT2D eigenvalue weighted by Gasteiger charge is 2.17. The van der Waals surface area contributed by atoms with Crippen LogP contribution in [0.5, 0.6) is 0 Å². The first-order valence-corrected chi connectivity index (χ1v) is 4.57. The molecular formula is C11H14. The molecule has 1 atom stereocenters. The zero-order valence-corrected chi connectivity index (χ0v) is 6.84. The Kier molecular flexibility index (Phi) is 2.11. The van der Waals surface area contributed by atoms with Crippen molar-refractivity contribution in [1.29, 1.82) is 0 Å². The maximum Gasteiger partial charge on any atom is 0.0123 e. The summed E-state index contributed by atoms with van der Waals surface area (Å²) < 4.78 is 0. The molecular weight excluding hydrogens is 132 g/mol. The first-order chi connectivity index (χ1) is 5.47. The number of hydrogen-bond donors (Lipinski definition) is 0. The van der Waals surface area contributed by atoms with Crippen molar-refractivity contribution < 1.29 is 0 Å². The van der Waals surface area contributed by atoms with Gasteiger partial charge in [-0.3, -0.25) is 0 Å². The van der Waals surface area contributed by atoms with Gasteiger partial charge in [-0.15, -0.1) is 0 Å². The summed E-state index contributed by atoms with van der Waals surface area (Å²) in [4.78, 5) is 0. The van der Waals surface area contributed by atoms with Gasteiger partial charge >= 0.3 is 0 Å². The lowest BCUT2D eigenvalue weighted by atomic mass is 9.88. The zero-order valence-electron chi connectivity index (χ0n) is 6.84. The lowest BCUT2D eigenvalue weighted by molar-refractivity contribution is 0.554. The summed E-state index contributed by atoms with van der Waals surface area (Å²) in [5.41, 5.74) is 1.48. The predicted octanol–water partition coefficient (Wildman–Crippen LogP) is 3.14. The number of fused-ring (bicyclic) bond motifs is 1. The second kappa shape index (κ2) is 3.25. The van der Waals surface area contributed by atoms with Crippen molar-refractivity contribution in [3.63, 3.8) is 0 Å². The number of hydrogen-bond acceptors (Lipinski definition) is 0. The van der Waals surface area contributed by atoms with Crippen LogP contribution in [0, 0.1) is 12.3 Å². The average Bonchev–Trinajstić information content (AvgIpc) is 2.28. The highest BCUT2D eigenvalue weighted by Crippen LogP contribution is 2.32. The van der Waals surface area contributed by atoms with Crippen LogP contribution >= 0.6 is 0 Å². The minimum atomic E-state index is 0.808. The largest absolute Gasteiger partial charge is 0.0839 e. The molecule has 0 aromatic carbocycles. The van der Waals surface area contributed by atoms with Crippen LogP contribution in [-0.2, 0) is 0 Å². The first-order valence-electron chi connectivity index (χ1n) is 4.57. The van der Waals surface area contributed by atoms with Gasteiger partial charge in [-0.2, -0.15) is 0 Å². The van der Waals surface area contributed by atoms with Crippen LogP contribution in [0.15, 0.2) is 23.8 Å². The third-order valence-corrected chi connectivity index (χ3v) is 2.58. The summed E-state index contributed by atoms with van der Waals surface area (Å²) in [7, 11) is 0. The van der Waals surface area contributed by atoms with Gasteiger partial charge in [-0.05, 0) is 25.2 Å². The van der Waals surface area contributed by atoms with E-state index in [9.17, 15) is 0 Å². The number of rotatable bonds is 0. The fourth-order valence-corrected chi connectivity index (χ4v) is 1.90. The molecule has 2 rings (SSSR count). The van der Waals surface area contributed by atoms with Crippen molar-refractivity contribution in [3.8, 4) is 0 Å². The van der Waals surface area contributed by atoms with E-state index in [1.807, 2.05) is 0 Å². The van der Waals surface area contributed by atoms with Crippen molar-refractivity contribution in [1.82, 2.24) is 0 Å². The van der Waals surface area contributed by atoms with Crippen molar-refractivity contribution in [2.75, 3.05) is 0 Å². The van der Waals surface area contributed by atoms with Crippen LogP contribution in [0.1, 0.15) is 32.1 Å². The Morgan fingerprint density at radius 2 is 2.36 bits per heavy atom. The van der Waals surface area contributed by atoms with E-state index in [4.69, 9.17) is 0 Å². The van der Waals surface area contributed by atoms with Gasteiger partial charge in [0, 0.05) is 6.42 Å². The van der Waals surface area contributed by atoms with E-state index in [1.165, 1.54) is 37.7 Å². The van der Waals surface area contributed by atoms with Crippen molar-refractivity contribution in [2.45, 2.75) is 32.1 Å². The Morgan fingerprint density at radius 1 is 1.36 bits per heavy atom. The molecule has 0 spiro atoms. The van der Waals surface area contributed by atoms with Crippen LogP contribution < -0.4 is 0 Å². The lowest BCUT2D eigenvalue weighted by Gasteiger charge is -2.17. The van der Waals surface area contributed by atoms with Gasteiger partial charge < -0.3 is 0 Å². The monoisotopic (exact) mass is 146 g/mol. The van der Waals surface area contributed by atoms with Gasteiger partial charge in [0.15, 0.2) is 0 Å². The van der Waals surface area contributed by atoms with E-state index in [0.717, 1.165) is 5.92 Å². The third-order valence-electron chi connectivity index (χ3n) is 2.58. The molecule has 0 aromatic rings. The second-order valence-electron chi connectivity index (χ2n) is 3.41. The molecule has 58 valence electrons. The van der Waals surface area contributed by atoms with Crippen LogP contribution in [0.25, 0.3) is 0 Å². The Labute approximate surface area is 69.0 Å². The van der Waals surface area contributed by atoms with Crippen LogP contribution in [0.4, 0.5) is 0 Å². The molecule has 0 aromatic heterocycles. The SMILES string of the molecule is [C]1CCCCC2CC=CC=C12. The fourth-order valence-electron chi connectivity index (χ4n) is 1.90. The van der Waals surface area contributed by atoms with Gasteiger partial charge in [0.1, 0.15) is 0 Å². The molecule has 0 amide bonds.